The molecule has 2 aliphatic heterocycles. The number of nitrogens with one attached hydrogen (secondary N) is 4. The molecule has 0 aromatic heterocycles. The van der Waals surface area contributed by atoms with E-state index in [1.807, 2.05) is 6.07 Å². The predicted molar refractivity (Wildman–Crippen MR) is 115 cm³/mol. The van der Waals surface area contributed by atoms with Crippen LogP contribution in [-0.2, 0) is 0 Å². The maximum absolute atomic E-state index is 8.40. The van der Waals surface area contributed by atoms with Crippen LogP contribution in [0.2, 0.25) is 5.02 Å². The van der Waals surface area contributed by atoms with Crippen LogP contribution in [-0.4, -0.2) is 66.5 Å². The molecule has 0 spiro atoms. The zero-order valence-electron chi connectivity index (χ0n) is 15.6. The molecule has 2 saturated heterocycles. The van der Waals surface area contributed by atoms with Crippen molar-refractivity contribution in [2.24, 2.45) is 11.8 Å². The Bertz CT molecular complexity index is 778. The molecule has 2 unspecified atom stereocenters. The molecule has 2 heterocycles. The van der Waals surface area contributed by atoms with E-state index in [0.717, 1.165) is 43.5 Å². The molecule has 0 amide bonds. The molecule has 2 atom stereocenters. The van der Waals surface area contributed by atoms with Gasteiger partial charge in [-0.15, -0.1) is 0 Å². The van der Waals surface area contributed by atoms with E-state index < -0.39 is 0 Å². The number of allylic oxidation sites excluding steroid dienone is 1. The molecule has 6 nitrogen and oxygen atoms in total. The number of halogens is 1. The lowest BCUT2D eigenvalue weighted by atomic mass is 10.0. The first-order chi connectivity index (χ1) is 12.9. The smallest absolute Gasteiger partial charge is 0.162 e. The fourth-order valence-electron chi connectivity index (χ4n) is 3.85. The van der Waals surface area contributed by atoms with Gasteiger partial charge in [0.15, 0.2) is 5.17 Å². The van der Waals surface area contributed by atoms with Crippen LogP contribution < -0.4 is 5.32 Å². The Labute approximate surface area is 169 Å². The van der Waals surface area contributed by atoms with Gasteiger partial charge in [-0.3, -0.25) is 10.8 Å². The first kappa shape index (κ1) is 19.9. The van der Waals surface area contributed by atoms with Crippen LogP contribution in [0.4, 0.5) is 0 Å². The van der Waals surface area contributed by atoms with Gasteiger partial charge in [-0.1, -0.05) is 23.7 Å². The largest absolute Gasteiger partial charge is 0.393 e. The molecular formula is C19H25ClN6S. The number of amidine groups is 1. The summed E-state index contributed by atoms with van der Waals surface area (Å²) in [4.78, 5) is 4.45. The van der Waals surface area contributed by atoms with E-state index in [-0.39, 0.29) is 5.04 Å². The van der Waals surface area contributed by atoms with Crippen molar-refractivity contribution in [3.63, 3.8) is 0 Å². The van der Waals surface area contributed by atoms with Crippen molar-refractivity contribution in [1.29, 1.82) is 16.2 Å². The average molecular weight is 405 g/mol. The van der Waals surface area contributed by atoms with Crippen LogP contribution in [0.1, 0.15) is 11.1 Å². The quantitative estimate of drug-likeness (QED) is 0.458. The molecule has 8 heteroatoms. The summed E-state index contributed by atoms with van der Waals surface area (Å²) < 4.78 is 0. The Morgan fingerprint density at radius 3 is 2.44 bits per heavy atom. The summed E-state index contributed by atoms with van der Waals surface area (Å²) in [5.74, 6) is 1.26. The molecule has 27 heavy (non-hydrogen) atoms. The molecule has 4 N–H and O–H groups in total. The van der Waals surface area contributed by atoms with E-state index in [1.165, 1.54) is 6.21 Å². The number of fused-ring (bicyclic) bond motifs is 1. The van der Waals surface area contributed by atoms with Crippen molar-refractivity contribution < 1.29 is 0 Å². The topological polar surface area (TPSA) is 90.1 Å². The lowest BCUT2D eigenvalue weighted by Gasteiger charge is -2.21. The summed E-state index contributed by atoms with van der Waals surface area (Å²) >= 11 is 7.55. The van der Waals surface area contributed by atoms with Crippen molar-refractivity contribution in [1.82, 2.24) is 15.1 Å². The molecule has 3 rings (SSSR count). The molecule has 1 aromatic rings. The predicted octanol–water partition coefficient (Wildman–Crippen LogP) is 3.04. The van der Waals surface area contributed by atoms with Gasteiger partial charge in [-0.2, -0.15) is 0 Å². The summed E-state index contributed by atoms with van der Waals surface area (Å²) in [7, 11) is 3.93. The van der Waals surface area contributed by atoms with E-state index in [4.69, 9.17) is 27.8 Å². The number of hydrogen-bond donors (Lipinski definition) is 4. The highest BCUT2D eigenvalue weighted by Gasteiger charge is 2.39. The highest BCUT2D eigenvalue weighted by molar-refractivity contribution is 8.26. The second-order valence-corrected chi connectivity index (χ2v) is 8.52. The molecule has 0 aliphatic carbocycles. The second-order valence-electron chi connectivity index (χ2n) is 7.11. The number of nitrogens with zero attached hydrogens (tertiary/aromatic N) is 2. The second kappa shape index (κ2) is 8.46. The lowest BCUT2D eigenvalue weighted by molar-refractivity contribution is 0.350. The van der Waals surface area contributed by atoms with Crippen LogP contribution in [0.15, 0.2) is 24.4 Å². The van der Waals surface area contributed by atoms with Gasteiger partial charge >= 0.3 is 0 Å². The van der Waals surface area contributed by atoms with Gasteiger partial charge < -0.3 is 20.5 Å². The Kier molecular flexibility index (Phi) is 6.24. The van der Waals surface area contributed by atoms with Crippen LogP contribution in [0.3, 0.4) is 0 Å². The summed E-state index contributed by atoms with van der Waals surface area (Å²) in [6, 6.07) is 5.41. The minimum atomic E-state index is 0.278. The minimum Gasteiger partial charge on any atom is -0.393 e. The first-order valence-electron chi connectivity index (χ1n) is 8.89. The third-order valence-electron chi connectivity index (χ3n) is 5.16. The third kappa shape index (κ3) is 4.36. The number of hydrogen-bond acceptors (Lipinski definition) is 6. The lowest BCUT2D eigenvalue weighted by Crippen LogP contribution is -2.30. The van der Waals surface area contributed by atoms with E-state index in [2.05, 4.69) is 22.2 Å². The van der Waals surface area contributed by atoms with Crippen LogP contribution in [0.25, 0.3) is 5.57 Å². The van der Waals surface area contributed by atoms with Crippen LogP contribution in [0, 0.1) is 28.1 Å². The zero-order valence-corrected chi connectivity index (χ0v) is 17.1. The normalized spacial score (nSPS) is 22.6. The van der Waals surface area contributed by atoms with Crippen molar-refractivity contribution in [2.45, 2.75) is 0 Å². The summed E-state index contributed by atoms with van der Waals surface area (Å²) in [5, 5.41) is 28.4. The highest BCUT2D eigenvalue weighted by atomic mass is 35.5. The van der Waals surface area contributed by atoms with Crippen molar-refractivity contribution >= 4 is 45.4 Å². The van der Waals surface area contributed by atoms with Gasteiger partial charge in [-0.05, 0) is 42.3 Å². The summed E-state index contributed by atoms with van der Waals surface area (Å²) in [6.45, 7) is 4.00. The molecular weight excluding hydrogens is 380 g/mol. The maximum Gasteiger partial charge on any atom is 0.162 e. The van der Waals surface area contributed by atoms with Gasteiger partial charge in [0.25, 0.3) is 0 Å². The number of benzene rings is 1. The van der Waals surface area contributed by atoms with Gasteiger partial charge in [-0.25, -0.2) is 0 Å². The van der Waals surface area contributed by atoms with Gasteiger partial charge in [0.1, 0.15) is 5.04 Å². The SMILES string of the molecule is CN/C=C(\C=N)c1ccc(C(=N)SC(=N)N2CC3CN(C)CC3C2)c(Cl)c1. The van der Waals surface area contributed by atoms with E-state index in [9.17, 15) is 0 Å². The Hall–Kier alpha value is -1.83. The molecule has 144 valence electrons. The standard InChI is InChI=1S/C19H25ClN6S/c1-24-7-13(6-21)12-3-4-16(17(20)5-12)18(22)27-19(23)26-10-14-8-25(2)9-15(14)11-26/h3-7,14-15,21-24H,8-11H2,1-2H3/b13-7+,21-6?,22-18?,23-19?. The fraction of sp³-hybridized carbons (Fsp3) is 0.421. The van der Waals surface area contributed by atoms with Gasteiger partial charge in [0.05, 0.1) is 5.02 Å². The Morgan fingerprint density at radius 2 is 1.89 bits per heavy atom. The zero-order chi connectivity index (χ0) is 19.6. The van der Waals surface area contributed by atoms with Gasteiger partial charge in [0.2, 0.25) is 0 Å². The fourth-order valence-corrected chi connectivity index (χ4v) is 4.94. The van der Waals surface area contributed by atoms with Crippen molar-refractivity contribution in [3.05, 3.63) is 40.5 Å². The van der Waals surface area contributed by atoms with Crippen molar-refractivity contribution in [2.75, 3.05) is 40.3 Å². The third-order valence-corrected chi connectivity index (χ3v) is 6.35. The number of likely N-dealkylation sites (tertiary alicyclic amines) is 2. The molecule has 0 radical (unpaired) electrons. The molecule has 1 aromatic carbocycles. The highest BCUT2D eigenvalue weighted by Crippen LogP contribution is 2.33. The van der Waals surface area contributed by atoms with Crippen LogP contribution in [0.5, 0.6) is 0 Å². The molecule has 2 fully saturated rings. The minimum absolute atomic E-state index is 0.278. The molecule has 0 bridgehead atoms. The van der Waals surface area contributed by atoms with Crippen molar-refractivity contribution in [3.8, 4) is 0 Å². The van der Waals surface area contributed by atoms with Gasteiger partial charge in [0, 0.05) is 56.8 Å². The molecule has 0 saturated carbocycles. The Morgan fingerprint density at radius 1 is 1.22 bits per heavy atom. The van der Waals surface area contributed by atoms with Crippen LogP contribution >= 0.6 is 23.4 Å². The number of rotatable bonds is 4. The summed E-state index contributed by atoms with van der Waals surface area (Å²) in [5.41, 5.74) is 2.15. The van der Waals surface area contributed by atoms with E-state index >= 15 is 0 Å². The molecule has 2 aliphatic rings. The number of thioether (sulfide) groups is 1. The van der Waals surface area contributed by atoms with E-state index in [1.54, 1.807) is 25.4 Å². The average Bonchev–Trinajstić information content (AvgIpc) is 3.16. The summed E-state index contributed by atoms with van der Waals surface area (Å²) in [6.07, 6.45) is 3.00. The van der Waals surface area contributed by atoms with E-state index in [0.29, 0.717) is 33.2 Å². The maximum atomic E-state index is 8.40. The monoisotopic (exact) mass is 404 g/mol. The first-order valence-corrected chi connectivity index (χ1v) is 10.1. The Balaban J connectivity index is 1.65.